The maximum atomic E-state index is 10.9. The number of nitrogen functional groups attached to an aromatic ring is 1. The van der Waals surface area contributed by atoms with Crippen molar-refractivity contribution < 1.29 is 9.90 Å². The number of nitrogens with zero attached hydrogens (tertiary/aromatic N) is 1. The van der Waals surface area contributed by atoms with E-state index in [0.29, 0.717) is 10.0 Å². The summed E-state index contributed by atoms with van der Waals surface area (Å²) in [5, 5.41) is 10.1. The van der Waals surface area contributed by atoms with Crippen molar-refractivity contribution in [3.8, 4) is 0 Å². The smallest absolute Gasteiger partial charge is 0.337 e. The van der Waals surface area contributed by atoms with Crippen LogP contribution in [0.3, 0.4) is 0 Å². The summed E-state index contributed by atoms with van der Waals surface area (Å²) in [6.07, 6.45) is 1.43. The zero-order valence-corrected chi connectivity index (χ0v) is 10.7. The number of nitrogens with two attached hydrogens (primary N) is 1. The molecule has 0 aliphatic heterocycles. The molecule has 1 aromatic heterocycles. The highest BCUT2D eigenvalue weighted by Gasteiger charge is 2.13. The summed E-state index contributed by atoms with van der Waals surface area (Å²) in [5.74, 6) is -1.06. The number of pyridine rings is 1. The van der Waals surface area contributed by atoms with Gasteiger partial charge in [-0.05, 0) is 30.3 Å². The number of hydrogen-bond acceptors (Lipinski definition) is 4. The predicted molar refractivity (Wildman–Crippen MR) is 71.2 cm³/mol. The normalized spacial score (nSPS) is 10.3. The van der Waals surface area contributed by atoms with Crippen molar-refractivity contribution in [1.82, 2.24) is 4.98 Å². The van der Waals surface area contributed by atoms with Gasteiger partial charge in [0.1, 0.15) is 5.03 Å². The van der Waals surface area contributed by atoms with Gasteiger partial charge in [-0.2, -0.15) is 0 Å². The topological polar surface area (TPSA) is 76.2 Å². The Labute approximate surface area is 113 Å². The van der Waals surface area contributed by atoms with E-state index < -0.39 is 5.97 Å². The van der Waals surface area contributed by atoms with E-state index in [1.54, 1.807) is 12.1 Å². The molecule has 1 aromatic carbocycles. The first-order chi connectivity index (χ1) is 8.58. The van der Waals surface area contributed by atoms with Crippen molar-refractivity contribution in [3.63, 3.8) is 0 Å². The zero-order chi connectivity index (χ0) is 13.1. The second kappa shape index (κ2) is 5.29. The Balaban J connectivity index is 2.32. The highest BCUT2D eigenvalue weighted by atomic mass is 35.5. The number of aromatic carboxylic acids is 1. The number of rotatable bonds is 3. The molecule has 0 aliphatic carbocycles. The molecule has 4 nitrogen and oxygen atoms in total. The van der Waals surface area contributed by atoms with Crippen LogP contribution >= 0.6 is 23.4 Å². The fraction of sp³-hybridized carbons (Fsp3) is 0. The summed E-state index contributed by atoms with van der Waals surface area (Å²) in [6, 6.07) is 8.52. The zero-order valence-electron chi connectivity index (χ0n) is 9.13. The number of aromatic nitrogens is 1. The summed E-state index contributed by atoms with van der Waals surface area (Å²) in [7, 11) is 0. The van der Waals surface area contributed by atoms with Gasteiger partial charge in [-0.1, -0.05) is 23.4 Å². The van der Waals surface area contributed by atoms with Gasteiger partial charge in [0.25, 0.3) is 0 Å². The monoisotopic (exact) mass is 280 g/mol. The van der Waals surface area contributed by atoms with E-state index in [9.17, 15) is 4.79 Å². The van der Waals surface area contributed by atoms with Crippen LogP contribution in [0.4, 0.5) is 5.69 Å². The van der Waals surface area contributed by atoms with Crippen molar-refractivity contribution in [2.75, 3.05) is 5.73 Å². The molecular weight excluding hydrogens is 272 g/mol. The lowest BCUT2D eigenvalue weighted by atomic mass is 10.2. The standard InChI is InChI=1S/C12H9ClN2O2S/c13-7-1-3-8(4-2-7)18-11-10(14)9(12(16)17)5-6-15-11/h1-6H,14H2,(H,16,17). The molecule has 18 heavy (non-hydrogen) atoms. The van der Waals surface area contributed by atoms with Gasteiger partial charge in [0.2, 0.25) is 0 Å². The fourth-order valence-electron chi connectivity index (χ4n) is 1.34. The van der Waals surface area contributed by atoms with E-state index in [2.05, 4.69) is 4.98 Å². The first-order valence-corrected chi connectivity index (χ1v) is 6.18. The molecule has 0 saturated carbocycles. The molecule has 0 saturated heterocycles. The average Bonchev–Trinajstić information content (AvgIpc) is 2.34. The number of carbonyl (C=O) groups is 1. The number of halogens is 1. The molecule has 6 heteroatoms. The Bertz CT molecular complexity index is 587. The highest BCUT2D eigenvalue weighted by molar-refractivity contribution is 7.99. The Kier molecular flexibility index (Phi) is 3.74. The van der Waals surface area contributed by atoms with Gasteiger partial charge in [-0.3, -0.25) is 0 Å². The van der Waals surface area contributed by atoms with Crippen LogP contribution in [0, 0.1) is 0 Å². The van der Waals surface area contributed by atoms with Crippen LogP contribution < -0.4 is 5.73 Å². The molecule has 3 N–H and O–H groups in total. The van der Waals surface area contributed by atoms with Gasteiger partial charge < -0.3 is 10.8 Å². The van der Waals surface area contributed by atoms with Gasteiger partial charge >= 0.3 is 5.97 Å². The van der Waals surface area contributed by atoms with Crippen LogP contribution in [0.1, 0.15) is 10.4 Å². The Morgan fingerprint density at radius 2 is 1.94 bits per heavy atom. The van der Waals surface area contributed by atoms with Gasteiger partial charge in [0, 0.05) is 16.1 Å². The molecule has 1 heterocycles. The molecule has 0 unspecified atom stereocenters. The molecule has 0 amide bonds. The first kappa shape index (κ1) is 12.7. The van der Waals surface area contributed by atoms with Crippen molar-refractivity contribution in [2.24, 2.45) is 0 Å². The quantitative estimate of drug-likeness (QED) is 0.903. The van der Waals surface area contributed by atoms with Crippen molar-refractivity contribution in [3.05, 3.63) is 47.1 Å². The summed E-state index contributed by atoms with van der Waals surface area (Å²) in [5.41, 5.74) is 6.00. The van der Waals surface area contributed by atoms with Crippen molar-refractivity contribution >= 4 is 35.0 Å². The van der Waals surface area contributed by atoms with Gasteiger partial charge in [0.15, 0.2) is 0 Å². The third-order valence-electron chi connectivity index (χ3n) is 2.21. The van der Waals surface area contributed by atoms with E-state index in [0.717, 1.165) is 4.90 Å². The number of hydrogen-bond donors (Lipinski definition) is 2. The maximum absolute atomic E-state index is 10.9. The Hall–Kier alpha value is -1.72. The minimum absolute atomic E-state index is 0.0569. The second-order valence-corrected chi connectivity index (χ2v) is 4.94. The van der Waals surface area contributed by atoms with Gasteiger partial charge in [-0.25, -0.2) is 9.78 Å². The number of benzene rings is 1. The third kappa shape index (κ3) is 2.75. The number of carboxylic acid groups (broad SMARTS) is 1. The van der Waals surface area contributed by atoms with Crippen LogP contribution in [-0.2, 0) is 0 Å². The molecule has 2 rings (SSSR count). The summed E-state index contributed by atoms with van der Waals surface area (Å²) >= 11 is 7.08. The number of anilines is 1. The lowest BCUT2D eigenvalue weighted by Gasteiger charge is -2.06. The minimum atomic E-state index is -1.06. The average molecular weight is 281 g/mol. The summed E-state index contributed by atoms with van der Waals surface area (Å²) in [6.45, 7) is 0. The third-order valence-corrected chi connectivity index (χ3v) is 3.49. The van der Waals surface area contributed by atoms with Crippen molar-refractivity contribution in [1.29, 1.82) is 0 Å². The lowest BCUT2D eigenvalue weighted by Crippen LogP contribution is -2.04. The van der Waals surface area contributed by atoms with E-state index >= 15 is 0 Å². The van der Waals surface area contributed by atoms with Gasteiger partial charge in [0.05, 0.1) is 11.3 Å². The molecule has 92 valence electrons. The number of carboxylic acids is 1. The Morgan fingerprint density at radius 1 is 1.28 bits per heavy atom. The van der Waals surface area contributed by atoms with Crippen LogP contribution in [0.5, 0.6) is 0 Å². The van der Waals surface area contributed by atoms with E-state index in [1.165, 1.54) is 24.0 Å². The highest BCUT2D eigenvalue weighted by Crippen LogP contribution is 2.32. The van der Waals surface area contributed by atoms with E-state index in [-0.39, 0.29) is 11.3 Å². The van der Waals surface area contributed by atoms with Crippen LogP contribution in [0.15, 0.2) is 46.5 Å². The van der Waals surface area contributed by atoms with Crippen LogP contribution in [-0.4, -0.2) is 16.1 Å². The molecule has 0 aliphatic rings. The second-order valence-electron chi connectivity index (χ2n) is 3.44. The maximum Gasteiger partial charge on any atom is 0.337 e. The molecule has 0 radical (unpaired) electrons. The summed E-state index contributed by atoms with van der Waals surface area (Å²) < 4.78 is 0. The first-order valence-electron chi connectivity index (χ1n) is 4.99. The van der Waals surface area contributed by atoms with E-state index in [4.69, 9.17) is 22.4 Å². The van der Waals surface area contributed by atoms with E-state index in [1.807, 2.05) is 12.1 Å². The fourth-order valence-corrected chi connectivity index (χ4v) is 2.29. The molecule has 2 aromatic rings. The molecule has 0 bridgehead atoms. The predicted octanol–water partition coefficient (Wildman–Crippen LogP) is 3.17. The SMILES string of the molecule is Nc1c(C(=O)O)ccnc1Sc1ccc(Cl)cc1. The molecule has 0 atom stereocenters. The molecular formula is C12H9ClN2O2S. The molecule has 0 spiro atoms. The minimum Gasteiger partial charge on any atom is -0.478 e. The van der Waals surface area contributed by atoms with Crippen LogP contribution in [0.2, 0.25) is 5.02 Å². The summed E-state index contributed by atoms with van der Waals surface area (Å²) in [4.78, 5) is 15.9. The van der Waals surface area contributed by atoms with Gasteiger partial charge in [-0.15, -0.1) is 0 Å². The largest absolute Gasteiger partial charge is 0.478 e. The van der Waals surface area contributed by atoms with Crippen LogP contribution in [0.25, 0.3) is 0 Å². The van der Waals surface area contributed by atoms with Crippen molar-refractivity contribution in [2.45, 2.75) is 9.92 Å². The lowest BCUT2D eigenvalue weighted by molar-refractivity contribution is 0.0697. The Morgan fingerprint density at radius 3 is 2.56 bits per heavy atom. The molecule has 0 fully saturated rings.